The van der Waals surface area contributed by atoms with Crippen LogP contribution in [0.3, 0.4) is 0 Å². The smallest absolute Gasteiger partial charge is 0.239 e. The monoisotopic (exact) mass is 402 g/mol. The summed E-state index contributed by atoms with van der Waals surface area (Å²) in [5.74, 6) is 1.03. The summed E-state index contributed by atoms with van der Waals surface area (Å²) >= 11 is 2.51. The molecule has 0 saturated heterocycles. The first kappa shape index (κ1) is 18.9. The summed E-state index contributed by atoms with van der Waals surface area (Å²) in [6.07, 6.45) is 0. The molecule has 1 atom stereocenters. The van der Waals surface area contributed by atoms with Gasteiger partial charge in [0.2, 0.25) is 5.91 Å². The summed E-state index contributed by atoms with van der Waals surface area (Å²) in [4.78, 5) is 25.1. The quantitative estimate of drug-likeness (QED) is 0.424. The predicted molar refractivity (Wildman–Crippen MR) is 109 cm³/mol. The highest BCUT2D eigenvalue weighted by Crippen LogP contribution is 2.32. The zero-order valence-corrected chi connectivity index (χ0v) is 16.3. The molecule has 1 amide bonds. The standard InChI is InChI=1S/C17H18N6O2S2/c1-9(27-17-21-13(18)7-14(19)22-17)15(24)23-16-20-11(8-26-16)10-5-3-4-6-12(10)25-2/h3-9H,1-2H3,(H,20,23,24)(H4,18,19,21,22). The van der Waals surface area contributed by atoms with Gasteiger partial charge in [0, 0.05) is 17.0 Å². The predicted octanol–water partition coefficient (Wildman–Crippen LogP) is 2.89. The fraction of sp³-hybridized carbons (Fsp3) is 0.176. The third-order valence-electron chi connectivity index (χ3n) is 3.51. The average Bonchev–Trinajstić information content (AvgIpc) is 3.09. The molecule has 0 saturated carbocycles. The lowest BCUT2D eigenvalue weighted by Gasteiger charge is -2.10. The molecule has 0 spiro atoms. The summed E-state index contributed by atoms with van der Waals surface area (Å²) in [5.41, 5.74) is 12.9. The van der Waals surface area contributed by atoms with E-state index in [0.717, 1.165) is 17.0 Å². The number of amides is 1. The van der Waals surface area contributed by atoms with Crippen LogP contribution in [0.2, 0.25) is 0 Å². The van der Waals surface area contributed by atoms with Gasteiger partial charge < -0.3 is 21.5 Å². The summed E-state index contributed by atoms with van der Waals surface area (Å²) in [5, 5.41) is 5.07. The summed E-state index contributed by atoms with van der Waals surface area (Å²) in [6, 6.07) is 9.04. The van der Waals surface area contributed by atoms with Crippen LogP contribution >= 0.6 is 23.1 Å². The lowest BCUT2D eigenvalue weighted by molar-refractivity contribution is -0.115. The van der Waals surface area contributed by atoms with E-state index in [4.69, 9.17) is 16.2 Å². The molecule has 0 aliphatic rings. The number of aromatic nitrogens is 3. The fourth-order valence-corrected chi connectivity index (χ4v) is 3.76. The maximum atomic E-state index is 12.4. The van der Waals surface area contributed by atoms with Gasteiger partial charge in [0.1, 0.15) is 17.4 Å². The van der Waals surface area contributed by atoms with Crippen molar-refractivity contribution >= 4 is 45.8 Å². The number of nitrogens with one attached hydrogen (secondary N) is 1. The number of anilines is 3. The summed E-state index contributed by atoms with van der Waals surface area (Å²) in [7, 11) is 1.61. The van der Waals surface area contributed by atoms with Crippen LogP contribution < -0.4 is 21.5 Å². The molecule has 140 valence electrons. The Morgan fingerprint density at radius 1 is 1.22 bits per heavy atom. The number of carbonyl (C=O) groups is 1. The molecule has 3 aromatic rings. The third-order valence-corrected chi connectivity index (χ3v) is 5.23. The third kappa shape index (κ3) is 4.66. The number of carbonyl (C=O) groups excluding carboxylic acids is 1. The van der Waals surface area contributed by atoms with Crippen molar-refractivity contribution in [1.82, 2.24) is 15.0 Å². The number of hydrogen-bond acceptors (Lipinski definition) is 9. The number of thiazole rings is 1. The Kier molecular flexibility index (Phi) is 5.77. The molecule has 1 unspecified atom stereocenters. The summed E-state index contributed by atoms with van der Waals surface area (Å²) in [6.45, 7) is 1.75. The van der Waals surface area contributed by atoms with Crippen molar-refractivity contribution in [3.05, 3.63) is 35.7 Å². The maximum absolute atomic E-state index is 12.4. The van der Waals surface area contributed by atoms with Crippen molar-refractivity contribution in [2.24, 2.45) is 0 Å². The minimum absolute atomic E-state index is 0.217. The van der Waals surface area contributed by atoms with Crippen LogP contribution in [0.25, 0.3) is 11.3 Å². The van der Waals surface area contributed by atoms with Crippen LogP contribution in [0.4, 0.5) is 16.8 Å². The normalized spacial score (nSPS) is 11.8. The molecule has 0 bridgehead atoms. The number of hydrogen-bond donors (Lipinski definition) is 3. The first-order valence-corrected chi connectivity index (χ1v) is 9.68. The van der Waals surface area contributed by atoms with E-state index >= 15 is 0 Å². The van der Waals surface area contributed by atoms with Gasteiger partial charge in [-0.1, -0.05) is 23.9 Å². The molecule has 0 aliphatic carbocycles. The second-order valence-electron chi connectivity index (χ2n) is 5.49. The average molecular weight is 403 g/mol. The highest BCUT2D eigenvalue weighted by atomic mass is 32.2. The summed E-state index contributed by atoms with van der Waals surface area (Å²) < 4.78 is 5.35. The molecule has 2 heterocycles. The Morgan fingerprint density at radius 2 is 1.93 bits per heavy atom. The van der Waals surface area contributed by atoms with Crippen molar-refractivity contribution in [3.8, 4) is 17.0 Å². The van der Waals surface area contributed by atoms with Gasteiger partial charge in [0.05, 0.1) is 18.1 Å². The van der Waals surface area contributed by atoms with E-state index < -0.39 is 5.25 Å². The molecule has 3 rings (SSSR count). The van der Waals surface area contributed by atoms with Gasteiger partial charge in [-0.3, -0.25) is 4.79 Å². The zero-order chi connectivity index (χ0) is 19.4. The lowest BCUT2D eigenvalue weighted by Crippen LogP contribution is -2.22. The molecule has 10 heteroatoms. The number of thioether (sulfide) groups is 1. The maximum Gasteiger partial charge on any atom is 0.239 e. The van der Waals surface area contributed by atoms with Crippen LogP contribution in [0.1, 0.15) is 6.92 Å². The zero-order valence-electron chi connectivity index (χ0n) is 14.7. The highest BCUT2D eigenvalue weighted by Gasteiger charge is 2.18. The first-order chi connectivity index (χ1) is 13.0. The van der Waals surface area contributed by atoms with Gasteiger partial charge in [0.15, 0.2) is 10.3 Å². The van der Waals surface area contributed by atoms with Gasteiger partial charge in [-0.05, 0) is 19.1 Å². The molecular weight excluding hydrogens is 384 g/mol. The van der Waals surface area contributed by atoms with Crippen molar-refractivity contribution in [1.29, 1.82) is 0 Å². The van der Waals surface area contributed by atoms with E-state index in [1.165, 1.54) is 29.2 Å². The van der Waals surface area contributed by atoms with Crippen molar-refractivity contribution < 1.29 is 9.53 Å². The van der Waals surface area contributed by atoms with E-state index in [0.29, 0.717) is 10.3 Å². The van der Waals surface area contributed by atoms with Gasteiger partial charge >= 0.3 is 0 Å². The van der Waals surface area contributed by atoms with Gasteiger partial charge in [-0.2, -0.15) is 0 Å². The Labute approximate surface area is 164 Å². The second kappa shape index (κ2) is 8.23. The van der Waals surface area contributed by atoms with Crippen molar-refractivity contribution in [3.63, 3.8) is 0 Å². The number of benzene rings is 1. The Morgan fingerprint density at radius 3 is 2.63 bits per heavy atom. The van der Waals surface area contributed by atoms with Crippen molar-refractivity contribution in [2.45, 2.75) is 17.3 Å². The van der Waals surface area contributed by atoms with E-state index in [9.17, 15) is 4.79 Å². The van der Waals surface area contributed by atoms with Crippen LogP contribution in [-0.2, 0) is 4.79 Å². The number of nitrogens with zero attached hydrogens (tertiary/aromatic N) is 3. The topological polar surface area (TPSA) is 129 Å². The van der Waals surface area contributed by atoms with Gasteiger partial charge in [-0.15, -0.1) is 11.3 Å². The van der Waals surface area contributed by atoms with Gasteiger partial charge in [-0.25, -0.2) is 15.0 Å². The van der Waals surface area contributed by atoms with E-state index in [1.54, 1.807) is 14.0 Å². The molecule has 0 aliphatic heterocycles. The Bertz CT molecular complexity index is 942. The first-order valence-electron chi connectivity index (χ1n) is 7.92. The minimum Gasteiger partial charge on any atom is -0.496 e. The molecule has 8 nitrogen and oxygen atoms in total. The molecular formula is C17H18N6O2S2. The lowest BCUT2D eigenvalue weighted by atomic mass is 10.1. The number of ether oxygens (including phenoxy) is 1. The molecule has 2 aromatic heterocycles. The number of nitrogens with two attached hydrogens (primary N) is 2. The van der Waals surface area contributed by atoms with E-state index in [-0.39, 0.29) is 17.5 Å². The minimum atomic E-state index is -0.454. The molecule has 1 aromatic carbocycles. The molecule has 5 N–H and O–H groups in total. The van der Waals surface area contributed by atoms with Crippen LogP contribution in [0.15, 0.2) is 40.9 Å². The Hall–Kier alpha value is -2.85. The van der Waals surface area contributed by atoms with Crippen LogP contribution in [0, 0.1) is 0 Å². The van der Waals surface area contributed by atoms with Crippen molar-refractivity contribution in [2.75, 3.05) is 23.9 Å². The van der Waals surface area contributed by atoms with E-state index in [2.05, 4.69) is 20.3 Å². The molecule has 0 fully saturated rings. The number of para-hydroxylation sites is 1. The molecule has 27 heavy (non-hydrogen) atoms. The number of nitrogen functional groups attached to an aromatic ring is 2. The molecule has 0 radical (unpaired) electrons. The highest BCUT2D eigenvalue weighted by molar-refractivity contribution is 8.00. The van der Waals surface area contributed by atoms with Crippen LogP contribution in [0.5, 0.6) is 5.75 Å². The van der Waals surface area contributed by atoms with Crippen LogP contribution in [-0.4, -0.2) is 33.2 Å². The Balaban J connectivity index is 1.68. The number of methoxy groups -OCH3 is 1. The number of rotatable bonds is 6. The fourth-order valence-electron chi connectivity index (χ4n) is 2.24. The SMILES string of the molecule is COc1ccccc1-c1csc(NC(=O)C(C)Sc2nc(N)cc(N)n2)n1. The van der Waals surface area contributed by atoms with E-state index in [1.807, 2.05) is 29.6 Å². The van der Waals surface area contributed by atoms with Gasteiger partial charge in [0.25, 0.3) is 0 Å². The second-order valence-corrected chi connectivity index (χ2v) is 7.65. The largest absolute Gasteiger partial charge is 0.496 e.